The van der Waals surface area contributed by atoms with Gasteiger partial charge >= 0.3 is 5.97 Å². The second-order valence-electron chi connectivity index (χ2n) is 4.22. The van der Waals surface area contributed by atoms with Gasteiger partial charge in [-0.3, -0.25) is 0 Å². The molecular formula is C15H10FNO3S. The van der Waals surface area contributed by atoms with Gasteiger partial charge in [0.2, 0.25) is 0 Å². The molecule has 0 atom stereocenters. The number of hydrogen-bond acceptors (Lipinski definition) is 5. The lowest BCUT2D eigenvalue weighted by molar-refractivity contribution is 0.0459. The van der Waals surface area contributed by atoms with Crippen LogP contribution in [0.1, 0.15) is 16.1 Å². The second-order valence-corrected chi connectivity index (χ2v) is 5.16. The molecule has 3 aromatic rings. The molecule has 0 aliphatic rings. The van der Waals surface area contributed by atoms with Crippen LogP contribution in [0.15, 0.2) is 52.4 Å². The highest BCUT2D eigenvalue weighted by Crippen LogP contribution is 2.25. The van der Waals surface area contributed by atoms with Gasteiger partial charge in [0, 0.05) is 6.07 Å². The quantitative estimate of drug-likeness (QED) is 0.686. The van der Waals surface area contributed by atoms with E-state index in [9.17, 15) is 9.18 Å². The fraction of sp³-hybridized carbons (Fsp3) is 0.0667. The summed E-state index contributed by atoms with van der Waals surface area (Å²) in [6.07, 6.45) is 0. The molecule has 0 fully saturated rings. The maximum absolute atomic E-state index is 13.4. The first-order valence-electron chi connectivity index (χ1n) is 6.15. The Labute approximate surface area is 123 Å². The summed E-state index contributed by atoms with van der Waals surface area (Å²) in [5, 5.41) is 5.75. The van der Waals surface area contributed by atoms with Crippen molar-refractivity contribution in [1.29, 1.82) is 0 Å². The number of halogens is 1. The maximum Gasteiger partial charge on any atom is 0.341 e. The molecule has 1 aromatic carbocycles. The summed E-state index contributed by atoms with van der Waals surface area (Å²) in [5.41, 5.74) is 0.377. The predicted molar refractivity (Wildman–Crippen MR) is 75.3 cm³/mol. The number of aromatic nitrogens is 1. The van der Waals surface area contributed by atoms with E-state index in [1.807, 2.05) is 17.5 Å². The minimum Gasteiger partial charge on any atom is -0.455 e. The van der Waals surface area contributed by atoms with E-state index in [1.165, 1.54) is 29.5 Å². The number of rotatable bonds is 4. The van der Waals surface area contributed by atoms with Crippen molar-refractivity contribution in [2.24, 2.45) is 0 Å². The molecule has 0 bridgehead atoms. The number of nitrogens with zero attached hydrogens (tertiary/aromatic N) is 1. The molecule has 0 amide bonds. The SMILES string of the molecule is O=C(OCc1cc(-c2cccs2)on1)c1ccccc1F. The maximum atomic E-state index is 13.4. The Balaban J connectivity index is 1.66. The van der Waals surface area contributed by atoms with Crippen molar-refractivity contribution >= 4 is 17.3 Å². The van der Waals surface area contributed by atoms with E-state index in [0.29, 0.717) is 11.5 Å². The molecule has 0 aliphatic carbocycles. The molecule has 0 radical (unpaired) electrons. The van der Waals surface area contributed by atoms with Gasteiger partial charge in [0.25, 0.3) is 0 Å². The van der Waals surface area contributed by atoms with Crippen LogP contribution >= 0.6 is 11.3 Å². The Hall–Kier alpha value is -2.47. The van der Waals surface area contributed by atoms with Crippen molar-refractivity contribution in [3.63, 3.8) is 0 Å². The van der Waals surface area contributed by atoms with Crippen LogP contribution in [0.4, 0.5) is 4.39 Å². The van der Waals surface area contributed by atoms with Crippen LogP contribution in [-0.2, 0) is 11.3 Å². The first-order chi connectivity index (χ1) is 10.2. The Morgan fingerprint density at radius 3 is 2.90 bits per heavy atom. The summed E-state index contributed by atoms with van der Waals surface area (Å²) in [4.78, 5) is 12.7. The standard InChI is InChI=1S/C15H10FNO3S/c16-12-5-2-1-4-11(12)15(18)19-9-10-8-13(20-17-10)14-6-3-7-21-14/h1-8H,9H2. The van der Waals surface area contributed by atoms with Crippen molar-refractivity contribution in [2.45, 2.75) is 6.61 Å². The van der Waals surface area contributed by atoms with Crippen LogP contribution in [0.2, 0.25) is 0 Å². The number of carbonyl (C=O) groups is 1. The van der Waals surface area contributed by atoms with Gasteiger partial charge in [-0.2, -0.15) is 0 Å². The summed E-state index contributed by atoms with van der Waals surface area (Å²) in [5.74, 6) is -0.724. The average Bonchev–Trinajstić information content (AvgIpc) is 3.16. The topological polar surface area (TPSA) is 52.3 Å². The summed E-state index contributed by atoms with van der Waals surface area (Å²) < 4.78 is 23.6. The lowest BCUT2D eigenvalue weighted by atomic mass is 10.2. The first-order valence-corrected chi connectivity index (χ1v) is 7.03. The molecule has 106 valence electrons. The smallest absolute Gasteiger partial charge is 0.341 e. The summed E-state index contributed by atoms with van der Waals surface area (Å²) in [6, 6.07) is 11.2. The molecule has 0 spiro atoms. The molecule has 0 unspecified atom stereocenters. The normalized spacial score (nSPS) is 10.5. The number of thiophene rings is 1. The number of esters is 1. The average molecular weight is 303 g/mol. The molecular weight excluding hydrogens is 293 g/mol. The molecule has 0 saturated heterocycles. The molecule has 0 aliphatic heterocycles. The van der Waals surface area contributed by atoms with Crippen LogP contribution in [-0.4, -0.2) is 11.1 Å². The van der Waals surface area contributed by atoms with Gasteiger partial charge in [0.05, 0.1) is 10.4 Å². The van der Waals surface area contributed by atoms with E-state index < -0.39 is 11.8 Å². The first kappa shape index (κ1) is 13.5. The van der Waals surface area contributed by atoms with Crippen LogP contribution in [0, 0.1) is 5.82 Å². The summed E-state index contributed by atoms with van der Waals surface area (Å²) in [7, 11) is 0. The molecule has 21 heavy (non-hydrogen) atoms. The lowest BCUT2D eigenvalue weighted by Crippen LogP contribution is -2.07. The van der Waals surface area contributed by atoms with Crippen molar-refractivity contribution in [3.05, 3.63) is 64.9 Å². The molecule has 0 N–H and O–H groups in total. The van der Waals surface area contributed by atoms with Crippen LogP contribution in [0.5, 0.6) is 0 Å². The fourth-order valence-electron chi connectivity index (χ4n) is 1.76. The van der Waals surface area contributed by atoms with E-state index in [2.05, 4.69) is 5.16 Å². The highest BCUT2D eigenvalue weighted by Gasteiger charge is 2.14. The number of carbonyl (C=O) groups excluding carboxylic acids is 1. The van der Waals surface area contributed by atoms with Gasteiger partial charge < -0.3 is 9.26 Å². The zero-order chi connectivity index (χ0) is 14.7. The highest BCUT2D eigenvalue weighted by molar-refractivity contribution is 7.13. The third kappa shape index (κ3) is 3.00. The van der Waals surface area contributed by atoms with Gasteiger partial charge in [-0.05, 0) is 23.6 Å². The zero-order valence-electron chi connectivity index (χ0n) is 10.8. The Morgan fingerprint density at radius 1 is 1.29 bits per heavy atom. The number of ether oxygens (including phenoxy) is 1. The molecule has 3 rings (SSSR count). The Morgan fingerprint density at radius 2 is 2.14 bits per heavy atom. The van der Waals surface area contributed by atoms with Crippen LogP contribution in [0.25, 0.3) is 10.6 Å². The minimum absolute atomic E-state index is 0.0674. The third-order valence-corrected chi connectivity index (χ3v) is 3.65. The van der Waals surface area contributed by atoms with Crippen LogP contribution in [0.3, 0.4) is 0 Å². The van der Waals surface area contributed by atoms with Gasteiger partial charge in [0.1, 0.15) is 18.1 Å². The van der Waals surface area contributed by atoms with Crippen LogP contribution < -0.4 is 0 Å². The fourth-order valence-corrected chi connectivity index (χ4v) is 2.43. The molecule has 4 nitrogen and oxygen atoms in total. The van der Waals surface area contributed by atoms with E-state index in [0.717, 1.165) is 4.88 Å². The lowest BCUT2D eigenvalue weighted by Gasteiger charge is -2.02. The predicted octanol–water partition coefficient (Wildman–Crippen LogP) is 3.90. The van der Waals surface area contributed by atoms with Gasteiger partial charge in [-0.15, -0.1) is 11.3 Å². The van der Waals surface area contributed by atoms with Crippen molar-refractivity contribution < 1.29 is 18.4 Å². The molecule has 2 aromatic heterocycles. The van der Waals surface area contributed by atoms with E-state index in [1.54, 1.807) is 12.1 Å². The largest absolute Gasteiger partial charge is 0.455 e. The molecule has 2 heterocycles. The highest BCUT2D eigenvalue weighted by atomic mass is 32.1. The van der Waals surface area contributed by atoms with E-state index >= 15 is 0 Å². The molecule has 0 saturated carbocycles. The van der Waals surface area contributed by atoms with Gasteiger partial charge in [-0.1, -0.05) is 23.4 Å². The van der Waals surface area contributed by atoms with Gasteiger partial charge in [-0.25, -0.2) is 9.18 Å². The van der Waals surface area contributed by atoms with Gasteiger partial charge in [0.15, 0.2) is 5.76 Å². The number of hydrogen-bond donors (Lipinski definition) is 0. The summed E-state index contributed by atoms with van der Waals surface area (Å²) >= 11 is 1.52. The second kappa shape index (κ2) is 5.88. The minimum atomic E-state index is -0.728. The van der Waals surface area contributed by atoms with Crippen molar-refractivity contribution in [2.75, 3.05) is 0 Å². The Kier molecular flexibility index (Phi) is 3.79. The summed E-state index contributed by atoms with van der Waals surface area (Å²) in [6.45, 7) is -0.0674. The number of benzene rings is 1. The molecule has 6 heteroatoms. The zero-order valence-corrected chi connectivity index (χ0v) is 11.6. The van der Waals surface area contributed by atoms with Crippen molar-refractivity contribution in [3.8, 4) is 10.6 Å². The van der Waals surface area contributed by atoms with Crippen molar-refractivity contribution in [1.82, 2.24) is 5.16 Å². The third-order valence-electron chi connectivity index (χ3n) is 2.77. The van der Waals surface area contributed by atoms with E-state index in [-0.39, 0.29) is 12.2 Å². The Bertz CT molecular complexity index is 752. The monoisotopic (exact) mass is 303 g/mol. The van der Waals surface area contributed by atoms with E-state index in [4.69, 9.17) is 9.26 Å².